The molecular weight excluding hydrogens is 550 g/mol. The normalized spacial score (nSPS) is 22.1. The lowest BCUT2D eigenvalue weighted by molar-refractivity contribution is 0.00901. The van der Waals surface area contributed by atoms with E-state index in [1.54, 1.807) is 18.2 Å². The van der Waals surface area contributed by atoms with E-state index in [1.165, 1.54) is 12.1 Å². The number of benzene rings is 2. The Morgan fingerprint density at radius 1 is 1.05 bits per heavy atom. The number of nitrogens with zero attached hydrogens (tertiary/aromatic N) is 3. The first-order valence-electron chi connectivity index (χ1n) is 14.6. The number of ether oxygens (including phenoxy) is 1. The third kappa shape index (κ3) is 6.44. The van der Waals surface area contributed by atoms with Crippen LogP contribution in [0.25, 0.3) is 11.3 Å². The monoisotopic (exact) mass is 591 g/mol. The molecule has 1 amide bonds. The van der Waals surface area contributed by atoms with Crippen LogP contribution in [0.1, 0.15) is 67.9 Å². The van der Waals surface area contributed by atoms with Gasteiger partial charge in [-0.05, 0) is 86.7 Å². The molecule has 2 aromatic carbocycles. The van der Waals surface area contributed by atoms with E-state index in [9.17, 15) is 13.2 Å². The number of hydrogen-bond donors (Lipinski definition) is 2. The van der Waals surface area contributed by atoms with Crippen LogP contribution < -0.4 is 15.2 Å². The fraction of sp³-hybridized carbons (Fsp3) is 0.469. The quantitative estimate of drug-likeness (QED) is 0.411. The molecule has 1 aromatic heterocycles. The van der Waals surface area contributed by atoms with Gasteiger partial charge in [0, 0.05) is 23.2 Å². The highest BCUT2D eigenvalue weighted by atomic mass is 32.2. The van der Waals surface area contributed by atoms with Gasteiger partial charge in [-0.3, -0.25) is 4.79 Å². The number of nitrogens with one attached hydrogen (secondary N) is 1. The number of hydrogen-bond acceptors (Lipinski definition) is 7. The Labute approximate surface area is 248 Å². The fourth-order valence-corrected chi connectivity index (χ4v) is 7.16. The zero-order valence-electron chi connectivity index (χ0n) is 25.1. The maximum Gasteiger partial charge on any atom is 0.264 e. The van der Waals surface area contributed by atoms with Crippen molar-refractivity contribution in [2.24, 2.45) is 17.1 Å². The molecule has 0 saturated heterocycles. The molecule has 224 valence electrons. The van der Waals surface area contributed by atoms with E-state index in [0.29, 0.717) is 30.1 Å². The van der Waals surface area contributed by atoms with Crippen molar-refractivity contribution >= 4 is 21.9 Å². The van der Waals surface area contributed by atoms with Crippen molar-refractivity contribution in [3.05, 3.63) is 65.2 Å². The summed E-state index contributed by atoms with van der Waals surface area (Å²) >= 11 is 0. The number of amides is 1. The third-order valence-electron chi connectivity index (χ3n) is 8.14. The van der Waals surface area contributed by atoms with E-state index in [2.05, 4.69) is 35.5 Å². The number of sulfonamides is 1. The number of anilines is 1. The maximum atomic E-state index is 14.2. The number of carbonyl (C=O) groups excluding carboxylic acids is 1. The van der Waals surface area contributed by atoms with E-state index < -0.39 is 10.0 Å². The van der Waals surface area contributed by atoms with Crippen LogP contribution in [0, 0.1) is 25.2 Å². The van der Waals surface area contributed by atoms with Gasteiger partial charge in [0.1, 0.15) is 6.61 Å². The summed E-state index contributed by atoms with van der Waals surface area (Å²) in [5.74, 6) is 0.421. The zero-order valence-corrected chi connectivity index (χ0v) is 25.9. The molecule has 1 atom stereocenters. The lowest BCUT2D eigenvalue weighted by atomic mass is 9.75. The zero-order chi connectivity index (χ0) is 30.2. The van der Waals surface area contributed by atoms with Crippen LogP contribution >= 0.6 is 0 Å². The summed E-state index contributed by atoms with van der Waals surface area (Å²) in [7, 11) is -4.10. The van der Waals surface area contributed by atoms with E-state index in [4.69, 9.17) is 10.5 Å². The number of carbonyl (C=O) groups is 1. The van der Waals surface area contributed by atoms with E-state index >= 15 is 0 Å². The number of nitrogens with two attached hydrogens (primary N) is 1. The molecule has 5 rings (SSSR count). The van der Waals surface area contributed by atoms with Crippen molar-refractivity contribution in [3.8, 4) is 17.1 Å². The second-order valence-electron chi connectivity index (χ2n) is 12.8. The molecule has 0 radical (unpaired) electrons. The van der Waals surface area contributed by atoms with Gasteiger partial charge in [0.15, 0.2) is 0 Å². The standard InChI is InChI=1S/C32H41N5O4S/c1-20-8-6-9-21(2)29(20)27-17-28-35-31(34-27)36-42(39,40)26-11-7-10-23(16-26)30(38)37(24-14-22(15-24)12-13-33)25(19-41-28)18-32(3,4)5/h6-11,16-17,22,24-25H,12-15,18-19,33H2,1-5H3,(H,34,35,36)/t22?,24?,25-/m1/s1. The minimum absolute atomic E-state index is 0.0136. The van der Waals surface area contributed by atoms with E-state index in [0.717, 1.165) is 36.0 Å². The Hall–Kier alpha value is -3.50. The molecule has 1 fully saturated rings. The number of aryl methyl sites for hydroxylation is 2. The number of aromatic nitrogens is 2. The minimum Gasteiger partial charge on any atom is -0.475 e. The average Bonchev–Trinajstić information content (AvgIpc) is 2.89. The second kappa shape index (κ2) is 11.6. The Bertz CT molecular complexity index is 1560. The highest BCUT2D eigenvalue weighted by Crippen LogP contribution is 2.38. The van der Waals surface area contributed by atoms with Crippen LogP contribution in [0.4, 0.5) is 5.95 Å². The van der Waals surface area contributed by atoms with Gasteiger partial charge in [0.2, 0.25) is 11.8 Å². The molecule has 0 spiro atoms. The van der Waals surface area contributed by atoms with Gasteiger partial charge < -0.3 is 15.4 Å². The van der Waals surface area contributed by atoms with Crippen LogP contribution in [-0.2, 0) is 10.0 Å². The van der Waals surface area contributed by atoms with Crippen molar-refractivity contribution in [1.29, 1.82) is 0 Å². The van der Waals surface area contributed by atoms with Gasteiger partial charge in [-0.15, -0.1) is 0 Å². The van der Waals surface area contributed by atoms with Crippen molar-refractivity contribution < 1.29 is 17.9 Å². The molecule has 3 N–H and O–H groups in total. The molecular formula is C32H41N5O4S. The van der Waals surface area contributed by atoms with Crippen LogP contribution in [0.15, 0.2) is 53.4 Å². The highest BCUT2D eigenvalue weighted by Gasteiger charge is 2.41. The summed E-state index contributed by atoms with van der Waals surface area (Å²) in [6.07, 6.45) is 3.33. The molecule has 1 saturated carbocycles. The summed E-state index contributed by atoms with van der Waals surface area (Å²) < 4.78 is 36.0. The Balaban J connectivity index is 1.65. The second-order valence-corrected chi connectivity index (χ2v) is 14.5. The molecule has 2 heterocycles. The molecule has 10 heteroatoms. The first-order chi connectivity index (χ1) is 19.8. The molecule has 0 unspecified atom stereocenters. The van der Waals surface area contributed by atoms with Crippen molar-refractivity contribution in [1.82, 2.24) is 14.9 Å². The van der Waals surface area contributed by atoms with Crippen LogP contribution in [0.3, 0.4) is 0 Å². The molecule has 2 aliphatic rings. The first-order valence-corrected chi connectivity index (χ1v) is 16.1. The van der Waals surface area contributed by atoms with Gasteiger partial charge in [-0.2, -0.15) is 4.98 Å². The summed E-state index contributed by atoms with van der Waals surface area (Å²) in [5.41, 5.74) is 9.49. The fourth-order valence-electron chi connectivity index (χ4n) is 6.17. The predicted octanol–water partition coefficient (Wildman–Crippen LogP) is 5.33. The van der Waals surface area contributed by atoms with Crippen LogP contribution in [-0.4, -0.2) is 54.4 Å². The molecule has 3 aromatic rings. The number of fused-ring (bicyclic) bond motifs is 4. The van der Waals surface area contributed by atoms with Crippen molar-refractivity contribution in [2.75, 3.05) is 17.9 Å². The topological polar surface area (TPSA) is 128 Å². The molecule has 42 heavy (non-hydrogen) atoms. The molecule has 1 aliphatic carbocycles. The summed E-state index contributed by atoms with van der Waals surface area (Å²) in [5, 5.41) is 0. The Kier molecular flexibility index (Phi) is 8.31. The van der Waals surface area contributed by atoms with Crippen molar-refractivity contribution in [3.63, 3.8) is 0 Å². The van der Waals surface area contributed by atoms with Gasteiger partial charge in [0.05, 0.1) is 16.6 Å². The summed E-state index contributed by atoms with van der Waals surface area (Å²) in [6.45, 7) is 11.2. The largest absolute Gasteiger partial charge is 0.475 e. The predicted molar refractivity (Wildman–Crippen MR) is 164 cm³/mol. The Morgan fingerprint density at radius 3 is 2.40 bits per heavy atom. The van der Waals surface area contributed by atoms with Gasteiger partial charge in [0.25, 0.3) is 15.9 Å². The van der Waals surface area contributed by atoms with Gasteiger partial charge >= 0.3 is 0 Å². The van der Waals surface area contributed by atoms with Gasteiger partial charge in [-0.1, -0.05) is 45.0 Å². The lowest BCUT2D eigenvalue weighted by Crippen LogP contribution is -2.55. The van der Waals surface area contributed by atoms with E-state index in [1.807, 2.05) is 36.9 Å². The summed E-state index contributed by atoms with van der Waals surface area (Å²) in [4.78, 5) is 25.2. The van der Waals surface area contributed by atoms with Crippen LogP contribution in [0.2, 0.25) is 0 Å². The third-order valence-corrected chi connectivity index (χ3v) is 9.46. The molecule has 4 bridgehead atoms. The first kappa shape index (κ1) is 30.0. The van der Waals surface area contributed by atoms with E-state index in [-0.39, 0.29) is 46.7 Å². The lowest BCUT2D eigenvalue weighted by Gasteiger charge is -2.47. The van der Waals surface area contributed by atoms with Crippen LogP contribution in [0.5, 0.6) is 5.88 Å². The Morgan fingerprint density at radius 2 is 1.74 bits per heavy atom. The molecule has 9 nitrogen and oxygen atoms in total. The SMILES string of the molecule is Cc1cccc(C)c1-c1cc2nc(n1)NS(=O)(=O)c1cccc(c1)C(=O)N(C1CC(CCN)C1)[C@H](CC(C)(C)C)CO2. The maximum absolute atomic E-state index is 14.2. The summed E-state index contributed by atoms with van der Waals surface area (Å²) in [6, 6.07) is 13.6. The molecule has 1 aliphatic heterocycles. The average molecular weight is 592 g/mol. The minimum atomic E-state index is -4.10. The number of rotatable bonds is 5. The van der Waals surface area contributed by atoms with Crippen molar-refractivity contribution in [2.45, 2.75) is 77.3 Å². The van der Waals surface area contributed by atoms with Gasteiger partial charge in [-0.25, -0.2) is 18.1 Å². The smallest absolute Gasteiger partial charge is 0.264 e. The highest BCUT2D eigenvalue weighted by molar-refractivity contribution is 7.92.